The van der Waals surface area contributed by atoms with Crippen molar-refractivity contribution in [2.45, 2.75) is 6.04 Å². The number of rotatable bonds is 2. The molecule has 0 spiro atoms. The van der Waals surface area contributed by atoms with Gasteiger partial charge in [-0.05, 0) is 0 Å². The summed E-state index contributed by atoms with van der Waals surface area (Å²) in [5.41, 5.74) is 2.27. The Labute approximate surface area is 87.9 Å². The van der Waals surface area contributed by atoms with Gasteiger partial charge in [-0.15, -0.1) is 5.10 Å². The van der Waals surface area contributed by atoms with E-state index in [1.165, 1.54) is 5.56 Å². The standard InChI is InChI=1S/C11H12N4/c1-2-4-9(5-3-1)11-8-13-14-15(11)10-6-12-7-10/h1-5,8,10,12H,6-7H2. The zero-order chi connectivity index (χ0) is 10.1. The Kier molecular flexibility index (Phi) is 1.99. The van der Waals surface area contributed by atoms with E-state index in [-0.39, 0.29) is 0 Å². The first-order valence-electron chi connectivity index (χ1n) is 5.11. The fourth-order valence-electron chi connectivity index (χ4n) is 1.78. The largest absolute Gasteiger partial charge is 0.312 e. The van der Waals surface area contributed by atoms with E-state index < -0.39 is 0 Å². The van der Waals surface area contributed by atoms with Gasteiger partial charge < -0.3 is 5.32 Å². The molecular formula is C11H12N4. The third-order valence-electron chi connectivity index (χ3n) is 2.75. The Morgan fingerprint density at radius 1 is 1.20 bits per heavy atom. The van der Waals surface area contributed by atoms with Crippen LogP contribution in [0.5, 0.6) is 0 Å². The van der Waals surface area contributed by atoms with Crippen molar-refractivity contribution in [3.63, 3.8) is 0 Å². The number of hydrogen-bond donors (Lipinski definition) is 1. The Morgan fingerprint density at radius 2 is 2.00 bits per heavy atom. The predicted molar refractivity (Wildman–Crippen MR) is 57.4 cm³/mol. The average Bonchev–Trinajstić information content (AvgIpc) is 2.65. The van der Waals surface area contributed by atoms with E-state index in [0.717, 1.165) is 18.8 Å². The van der Waals surface area contributed by atoms with Gasteiger partial charge in [-0.2, -0.15) is 0 Å². The van der Waals surface area contributed by atoms with E-state index in [1.807, 2.05) is 29.1 Å². The molecule has 76 valence electrons. The monoisotopic (exact) mass is 200 g/mol. The molecule has 1 N–H and O–H groups in total. The third kappa shape index (κ3) is 1.43. The lowest BCUT2D eigenvalue weighted by Crippen LogP contribution is -2.44. The van der Waals surface area contributed by atoms with Crippen LogP contribution < -0.4 is 5.32 Å². The summed E-state index contributed by atoms with van der Waals surface area (Å²) in [6.45, 7) is 1.98. The Bertz CT molecular complexity index is 445. The number of nitrogens with zero attached hydrogens (tertiary/aromatic N) is 3. The molecule has 0 bridgehead atoms. The van der Waals surface area contributed by atoms with Crippen molar-refractivity contribution in [3.05, 3.63) is 36.5 Å². The first kappa shape index (κ1) is 8.61. The molecule has 1 saturated heterocycles. The zero-order valence-electron chi connectivity index (χ0n) is 8.30. The lowest BCUT2D eigenvalue weighted by atomic mass is 10.1. The Hall–Kier alpha value is -1.68. The van der Waals surface area contributed by atoms with Crippen LogP contribution in [0.3, 0.4) is 0 Å². The molecule has 0 atom stereocenters. The maximum atomic E-state index is 4.14. The van der Waals surface area contributed by atoms with Crippen LogP contribution in [0.25, 0.3) is 11.3 Å². The number of hydrogen-bond acceptors (Lipinski definition) is 3. The zero-order valence-corrected chi connectivity index (χ0v) is 8.30. The van der Waals surface area contributed by atoms with Gasteiger partial charge in [-0.3, -0.25) is 0 Å². The van der Waals surface area contributed by atoms with E-state index in [1.54, 1.807) is 0 Å². The van der Waals surface area contributed by atoms with Gasteiger partial charge in [0.05, 0.1) is 17.9 Å². The predicted octanol–water partition coefficient (Wildman–Crippen LogP) is 1.09. The maximum Gasteiger partial charge on any atom is 0.0890 e. The van der Waals surface area contributed by atoms with Gasteiger partial charge in [0.25, 0.3) is 0 Å². The summed E-state index contributed by atoms with van der Waals surface area (Å²) in [5.74, 6) is 0. The first-order chi connectivity index (χ1) is 7.45. The second-order valence-corrected chi connectivity index (χ2v) is 3.74. The van der Waals surface area contributed by atoms with Crippen LogP contribution in [0.15, 0.2) is 36.5 Å². The third-order valence-corrected chi connectivity index (χ3v) is 2.75. The summed E-state index contributed by atoms with van der Waals surface area (Å²) >= 11 is 0. The molecule has 0 amide bonds. The molecule has 1 aromatic carbocycles. The minimum Gasteiger partial charge on any atom is -0.312 e. The molecule has 0 radical (unpaired) electrons. The Balaban J connectivity index is 2.01. The van der Waals surface area contributed by atoms with Crippen molar-refractivity contribution >= 4 is 0 Å². The lowest BCUT2D eigenvalue weighted by molar-refractivity contribution is 0.315. The van der Waals surface area contributed by atoms with Crippen molar-refractivity contribution in [1.82, 2.24) is 20.3 Å². The molecule has 1 fully saturated rings. The highest BCUT2D eigenvalue weighted by molar-refractivity contribution is 5.58. The summed E-state index contributed by atoms with van der Waals surface area (Å²) in [6.07, 6.45) is 1.83. The van der Waals surface area contributed by atoms with Gasteiger partial charge in [0, 0.05) is 18.7 Å². The molecule has 4 nitrogen and oxygen atoms in total. The van der Waals surface area contributed by atoms with Crippen LogP contribution in [0.1, 0.15) is 6.04 Å². The van der Waals surface area contributed by atoms with Crippen molar-refractivity contribution in [3.8, 4) is 11.3 Å². The molecule has 15 heavy (non-hydrogen) atoms. The minimum atomic E-state index is 0.461. The van der Waals surface area contributed by atoms with Gasteiger partial charge in [-0.25, -0.2) is 4.68 Å². The van der Waals surface area contributed by atoms with E-state index >= 15 is 0 Å². The highest BCUT2D eigenvalue weighted by atomic mass is 15.5. The van der Waals surface area contributed by atoms with Gasteiger partial charge >= 0.3 is 0 Å². The molecule has 0 saturated carbocycles. The van der Waals surface area contributed by atoms with Gasteiger partial charge in [0.1, 0.15) is 0 Å². The molecular weight excluding hydrogens is 188 g/mol. The quantitative estimate of drug-likeness (QED) is 0.789. The number of benzene rings is 1. The Morgan fingerprint density at radius 3 is 2.67 bits per heavy atom. The molecule has 3 rings (SSSR count). The van der Waals surface area contributed by atoms with Gasteiger partial charge in [0.2, 0.25) is 0 Å². The minimum absolute atomic E-state index is 0.461. The van der Waals surface area contributed by atoms with Crippen LogP contribution in [-0.2, 0) is 0 Å². The van der Waals surface area contributed by atoms with Crippen molar-refractivity contribution < 1.29 is 0 Å². The first-order valence-corrected chi connectivity index (χ1v) is 5.11. The summed E-state index contributed by atoms with van der Waals surface area (Å²) in [4.78, 5) is 0. The highest BCUT2D eigenvalue weighted by Gasteiger charge is 2.22. The molecule has 1 aromatic heterocycles. The van der Waals surface area contributed by atoms with Crippen molar-refractivity contribution in [2.75, 3.05) is 13.1 Å². The average molecular weight is 200 g/mol. The highest BCUT2D eigenvalue weighted by Crippen LogP contribution is 2.22. The molecule has 0 aliphatic carbocycles. The van der Waals surface area contributed by atoms with Crippen molar-refractivity contribution in [1.29, 1.82) is 0 Å². The SMILES string of the molecule is c1ccc(-c2cnnn2C2CNC2)cc1. The summed E-state index contributed by atoms with van der Waals surface area (Å²) < 4.78 is 2.01. The summed E-state index contributed by atoms with van der Waals surface area (Å²) in [5, 5.41) is 11.4. The normalized spacial score (nSPS) is 16.3. The van der Waals surface area contributed by atoms with Crippen LogP contribution in [0.4, 0.5) is 0 Å². The molecule has 1 aliphatic rings. The smallest absolute Gasteiger partial charge is 0.0890 e. The van der Waals surface area contributed by atoms with Crippen LogP contribution in [0.2, 0.25) is 0 Å². The van der Waals surface area contributed by atoms with Crippen LogP contribution >= 0.6 is 0 Å². The van der Waals surface area contributed by atoms with Crippen LogP contribution in [0, 0.1) is 0 Å². The molecule has 1 aliphatic heterocycles. The van der Waals surface area contributed by atoms with E-state index in [0.29, 0.717) is 6.04 Å². The topological polar surface area (TPSA) is 42.7 Å². The van der Waals surface area contributed by atoms with E-state index in [2.05, 4.69) is 27.8 Å². The van der Waals surface area contributed by atoms with E-state index in [4.69, 9.17) is 0 Å². The molecule has 2 heterocycles. The second-order valence-electron chi connectivity index (χ2n) is 3.74. The fourth-order valence-corrected chi connectivity index (χ4v) is 1.78. The maximum absolute atomic E-state index is 4.14. The summed E-state index contributed by atoms with van der Waals surface area (Å²) in [7, 11) is 0. The van der Waals surface area contributed by atoms with Gasteiger partial charge in [-0.1, -0.05) is 35.5 Å². The van der Waals surface area contributed by atoms with Crippen LogP contribution in [-0.4, -0.2) is 28.1 Å². The number of aromatic nitrogens is 3. The lowest BCUT2D eigenvalue weighted by Gasteiger charge is -2.28. The second kappa shape index (κ2) is 3.47. The summed E-state index contributed by atoms with van der Waals surface area (Å²) in [6, 6.07) is 10.7. The molecule has 4 heteroatoms. The molecule has 0 unspecified atom stereocenters. The number of nitrogens with one attached hydrogen (secondary N) is 1. The fraction of sp³-hybridized carbons (Fsp3) is 0.273. The molecule has 2 aromatic rings. The van der Waals surface area contributed by atoms with Crippen molar-refractivity contribution in [2.24, 2.45) is 0 Å². The van der Waals surface area contributed by atoms with Gasteiger partial charge in [0.15, 0.2) is 0 Å². The van der Waals surface area contributed by atoms with E-state index in [9.17, 15) is 0 Å².